The van der Waals surface area contributed by atoms with E-state index in [1.807, 2.05) is 0 Å². The third-order valence-electron chi connectivity index (χ3n) is 4.38. The Morgan fingerprint density at radius 3 is 2.82 bits per heavy atom. The number of aromatic hydroxyl groups is 1. The smallest absolute Gasteiger partial charge is 0.131 e. The summed E-state index contributed by atoms with van der Waals surface area (Å²) < 4.78 is 13.8. The van der Waals surface area contributed by atoms with Gasteiger partial charge in [-0.25, -0.2) is 4.39 Å². The van der Waals surface area contributed by atoms with E-state index in [1.165, 1.54) is 25.3 Å². The molecule has 3 rings (SSSR count). The van der Waals surface area contributed by atoms with Crippen LogP contribution in [0.4, 0.5) is 4.39 Å². The Kier molecular flexibility index (Phi) is 2.58. The molecule has 1 aromatic carbocycles. The summed E-state index contributed by atoms with van der Waals surface area (Å²) in [5.74, 6) is 0.532. The van der Waals surface area contributed by atoms with Gasteiger partial charge in [0.2, 0.25) is 0 Å². The first-order chi connectivity index (χ1) is 8.15. The van der Waals surface area contributed by atoms with E-state index < -0.39 is 0 Å². The van der Waals surface area contributed by atoms with Gasteiger partial charge in [0, 0.05) is 30.3 Å². The van der Waals surface area contributed by atoms with Crippen LogP contribution in [-0.4, -0.2) is 22.6 Å². The summed E-state index contributed by atoms with van der Waals surface area (Å²) >= 11 is 0. The summed E-state index contributed by atoms with van der Waals surface area (Å²) in [6.07, 6.45) is 3.88. The first kappa shape index (κ1) is 11.0. The second-order valence-electron chi connectivity index (χ2n) is 5.41. The van der Waals surface area contributed by atoms with Crippen LogP contribution in [0.1, 0.15) is 37.8 Å². The third kappa shape index (κ3) is 1.82. The van der Waals surface area contributed by atoms with E-state index in [-0.39, 0.29) is 17.6 Å². The van der Waals surface area contributed by atoms with Crippen molar-refractivity contribution >= 4 is 0 Å². The number of phenols is 1. The second-order valence-corrected chi connectivity index (χ2v) is 5.41. The van der Waals surface area contributed by atoms with Crippen molar-refractivity contribution < 1.29 is 9.50 Å². The summed E-state index contributed by atoms with van der Waals surface area (Å²) in [5.41, 5.74) is 0.704. The summed E-state index contributed by atoms with van der Waals surface area (Å²) in [6.45, 7) is 3.17. The molecule has 1 aliphatic heterocycles. The lowest BCUT2D eigenvalue weighted by Gasteiger charge is -2.33. The molecule has 0 spiro atoms. The summed E-state index contributed by atoms with van der Waals surface area (Å²) in [6, 6.07) is 5.25. The minimum absolute atomic E-state index is 0.00129. The lowest BCUT2D eigenvalue weighted by atomic mass is 10.0. The molecule has 0 radical (unpaired) electrons. The van der Waals surface area contributed by atoms with Crippen LogP contribution in [0, 0.1) is 11.7 Å². The average Bonchev–Trinajstić information content (AvgIpc) is 2.89. The standard InChI is InChI=1S/C14H18FNO/c1-9(13-5-4-12(17)7-14(13)15)16-8-10-2-3-11(16)6-10/h4-5,7,9-11,17H,2-3,6,8H2,1H3. The van der Waals surface area contributed by atoms with E-state index in [9.17, 15) is 9.50 Å². The fraction of sp³-hybridized carbons (Fsp3) is 0.571. The molecule has 0 aromatic heterocycles. The Labute approximate surface area is 101 Å². The van der Waals surface area contributed by atoms with E-state index in [0.717, 1.165) is 12.5 Å². The van der Waals surface area contributed by atoms with Crippen molar-refractivity contribution in [1.82, 2.24) is 4.90 Å². The quantitative estimate of drug-likeness (QED) is 0.851. The Bertz CT molecular complexity index is 434. The zero-order valence-corrected chi connectivity index (χ0v) is 10.1. The van der Waals surface area contributed by atoms with Crippen LogP contribution in [0.3, 0.4) is 0 Å². The van der Waals surface area contributed by atoms with Gasteiger partial charge >= 0.3 is 0 Å². The average molecular weight is 235 g/mol. The maximum atomic E-state index is 13.8. The molecule has 2 nitrogen and oxygen atoms in total. The van der Waals surface area contributed by atoms with Gasteiger partial charge < -0.3 is 5.11 Å². The maximum absolute atomic E-state index is 13.8. The molecule has 3 heteroatoms. The maximum Gasteiger partial charge on any atom is 0.131 e. The van der Waals surface area contributed by atoms with Crippen LogP contribution in [0.2, 0.25) is 0 Å². The molecule has 1 heterocycles. The highest BCUT2D eigenvalue weighted by Gasteiger charge is 2.40. The first-order valence-electron chi connectivity index (χ1n) is 6.39. The molecule has 0 amide bonds. The van der Waals surface area contributed by atoms with Gasteiger partial charge in [0.25, 0.3) is 0 Å². The molecule has 2 fully saturated rings. The molecule has 1 saturated carbocycles. The van der Waals surface area contributed by atoms with Gasteiger partial charge in [-0.15, -0.1) is 0 Å². The van der Waals surface area contributed by atoms with Crippen molar-refractivity contribution in [3.05, 3.63) is 29.6 Å². The SMILES string of the molecule is CC(c1ccc(O)cc1F)N1CC2CCC1C2. The van der Waals surface area contributed by atoms with Crippen molar-refractivity contribution in [3.63, 3.8) is 0 Å². The highest BCUT2D eigenvalue weighted by atomic mass is 19.1. The number of nitrogens with zero attached hydrogens (tertiary/aromatic N) is 1. The predicted octanol–water partition coefficient (Wildman–Crippen LogP) is 3.08. The Balaban J connectivity index is 1.84. The molecule has 17 heavy (non-hydrogen) atoms. The van der Waals surface area contributed by atoms with E-state index in [4.69, 9.17) is 0 Å². The van der Waals surface area contributed by atoms with Crippen molar-refractivity contribution in [2.75, 3.05) is 6.54 Å². The lowest BCUT2D eigenvalue weighted by Crippen LogP contribution is -2.34. The van der Waals surface area contributed by atoms with Gasteiger partial charge in [-0.05, 0) is 38.2 Å². The van der Waals surface area contributed by atoms with Crippen LogP contribution in [0.15, 0.2) is 18.2 Å². The minimum atomic E-state index is -0.291. The molecular formula is C14H18FNO. The molecule has 1 N–H and O–H groups in total. The summed E-state index contributed by atoms with van der Waals surface area (Å²) in [7, 11) is 0. The lowest BCUT2D eigenvalue weighted by molar-refractivity contribution is 0.157. The largest absolute Gasteiger partial charge is 0.508 e. The van der Waals surface area contributed by atoms with Gasteiger partial charge in [0.15, 0.2) is 0 Å². The van der Waals surface area contributed by atoms with Gasteiger partial charge in [-0.3, -0.25) is 4.90 Å². The van der Waals surface area contributed by atoms with Crippen molar-refractivity contribution in [1.29, 1.82) is 0 Å². The normalized spacial score (nSPS) is 29.8. The molecule has 1 aliphatic carbocycles. The number of benzene rings is 1. The Hall–Kier alpha value is -1.09. The number of likely N-dealkylation sites (tertiary alicyclic amines) is 1. The molecule has 1 aromatic rings. The van der Waals surface area contributed by atoms with E-state index >= 15 is 0 Å². The number of fused-ring (bicyclic) bond motifs is 2. The Morgan fingerprint density at radius 2 is 2.24 bits per heavy atom. The molecule has 1 saturated heterocycles. The van der Waals surface area contributed by atoms with Gasteiger partial charge in [-0.2, -0.15) is 0 Å². The van der Waals surface area contributed by atoms with Crippen LogP contribution in [0.5, 0.6) is 5.75 Å². The monoisotopic (exact) mass is 235 g/mol. The molecule has 2 bridgehead atoms. The number of piperidine rings is 1. The van der Waals surface area contributed by atoms with Crippen molar-refractivity contribution in [2.45, 2.75) is 38.3 Å². The summed E-state index contributed by atoms with van der Waals surface area (Å²) in [4.78, 5) is 2.42. The van der Waals surface area contributed by atoms with Gasteiger partial charge in [-0.1, -0.05) is 6.07 Å². The fourth-order valence-electron chi connectivity index (χ4n) is 3.47. The minimum Gasteiger partial charge on any atom is -0.508 e. The van der Waals surface area contributed by atoms with Crippen LogP contribution in [0.25, 0.3) is 0 Å². The van der Waals surface area contributed by atoms with Crippen LogP contribution in [-0.2, 0) is 0 Å². The van der Waals surface area contributed by atoms with Gasteiger partial charge in [0.05, 0.1) is 0 Å². The predicted molar refractivity (Wildman–Crippen MR) is 64.3 cm³/mol. The number of halogens is 1. The molecular weight excluding hydrogens is 217 g/mol. The number of phenolic OH excluding ortho intramolecular Hbond substituents is 1. The third-order valence-corrected chi connectivity index (χ3v) is 4.38. The zero-order valence-electron chi connectivity index (χ0n) is 10.1. The topological polar surface area (TPSA) is 23.5 Å². The zero-order chi connectivity index (χ0) is 12.0. The highest BCUT2D eigenvalue weighted by molar-refractivity contribution is 5.30. The van der Waals surface area contributed by atoms with E-state index in [1.54, 1.807) is 12.1 Å². The van der Waals surface area contributed by atoms with Crippen molar-refractivity contribution in [2.24, 2.45) is 5.92 Å². The highest BCUT2D eigenvalue weighted by Crippen LogP contribution is 2.42. The fourth-order valence-corrected chi connectivity index (χ4v) is 3.47. The molecule has 3 atom stereocenters. The van der Waals surface area contributed by atoms with E-state index in [2.05, 4.69) is 11.8 Å². The van der Waals surface area contributed by atoms with Crippen LogP contribution >= 0.6 is 0 Å². The van der Waals surface area contributed by atoms with Crippen LogP contribution < -0.4 is 0 Å². The Morgan fingerprint density at radius 1 is 1.41 bits per heavy atom. The molecule has 2 aliphatic rings. The first-order valence-corrected chi connectivity index (χ1v) is 6.39. The number of hydrogen-bond donors (Lipinski definition) is 1. The number of rotatable bonds is 2. The van der Waals surface area contributed by atoms with Gasteiger partial charge in [0.1, 0.15) is 11.6 Å². The van der Waals surface area contributed by atoms with Crippen molar-refractivity contribution in [3.8, 4) is 5.75 Å². The molecule has 3 unspecified atom stereocenters. The summed E-state index contributed by atoms with van der Waals surface area (Å²) in [5, 5.41) is 9.24. The number of hydrogen-bond acceptors (Lipinski definition) is 2. The second kappa shape index (κ2) is 3.98. The van der Waals surface area contributed by atoms with E-state index in [0.29, 0.717) is 11.6 Å². The molecule has 92 valence electrons.